The summed E-state index contributed by atoms with van der Waals surface area (Å²) in [5.41, 5.74) is 5.37. The van der Waals surface area contributed by atoms with Crippen LogP contribution < -0.4 is 15.0 Å². The molecule has 3 aromatic carbocycles. The van der Waals surface area contributed by atoms with E-state index in [1.54, 1.807) is 42.5 Å². The van der Waals surface area contributed by atoms with E-state index < -0.39 is 17.8 Å². The van der Waals surface area contributed by atoms with Gasteiger partial charge in [-0.1, -0.05) is 42.5 Å². The highest BCUT2D eigenvalue weighted by Crippen LogP contribution is 2.23. The van der Waals surface area contributed by atoms with Gasteiger partial charge in [0.25, 0.3) is 11.8 Å². The summed E-state index contributed by atoms with van der Waals surface area (Å²) in [6.45, 7) is 6.44. The molecule has 6 heteroatoms. The van der Waals surface area contributed by atoms with E-state index >= 15 is 0 Å². The van der Waals surface area contributed by atoms with Gasteiger partial charge < -0.3 is 4.74 Å². The Hall–Kier alpha value is -4.19. The molecule has 0 saturated carbocycles. The second kappa shape index (κ2) is 9.12. The summed E-state index contributed by atoms with van der Waals surface area (Å²) in [4.78, 5) is 38.7. The summed E-state index contributed by atoms with van der Waals surface area (Å²) >= 11 is 0. The normalized spacial score (nSPS) is 15.1. The van der Waals surface area contributed by atoms with Crippen LogP contribution in [0.2, 0.25) is 0 Å². The molecule has 1 saturated heterocycles. The zero-order valence-corrected chi connectivity index (χ0v) is 18.7. The summed E-state index contributed by atoms with van der Waals surface area (Å²) in [6.07, 6.45) is 1.47. The molecule has 0 atom stereocenters. The number of carbonyl (C=O) groups is 3. The fourth-order valence-electron chi connectivity index (χ4n) is 3.55. The molecule has 0 bridgehead atoms. The quantitative estimate of drug-likeness (QED) is 0.454. The molecular formula is C27H24N2O4. The molecule has 0 radical (unpaired) electrons. The molecule has 33 heavy (non-hydrogen) atoms. The molecule has 0 aliphatic carbocycles. The SMILES string of the molecule is Cc1cccc(N2C(=O)NC(=O)/C(=C\c3ccc(OCc4ccc(C)c(C)c4)cc3)C2=O)c1. The first-order chi connectivity index (χ1) is 15.8. The van der Waals surface area contributed by atoms with Crippen molar-refractivity contribution in [3.63, 3.8) is 0 Å². The third-order valence-corrected chi connectivity index (χ3v) is 5.53. The molecule has 6 nitrogen and oxygen atoms in total. The van der Waals surface area contributed by atoms with Crippen LogP contribution in [-0.2, 0) is 16.2 Å². The lowest BCUT2D eigenvalue weighted by molar-refractivity contribution is -0.122. The van der Waals surface area contributed by atoms with E-state index in [4.69, 9.17) is 4.74 Å². The van der Waals surface area contributed by atoms with Gasteiger partial charge in [0.05, 0.1) is 5.69 Å². The summed E-state index contributed by atoms with van der Waals surface area (Å²) in [5.74, 6) is -0.709. The first kappa shape index (κ1) is 22.0. The van der Waals surface area contributed by atoms with Crippen LogP contribution in [0.4, 0.5) is 10.5 Å². The van der Waals surface area contributed by atoms with Crippen molar-refractivity contribution in [1.82, 2.24) is 5.32 Å². The number of anilines is 1. The topological polar surface area (TPSA) is 75.7 Å². The van der Waals surface area contributed by atoms with Crippen LogP contribution in [0, 0.1) is 20.8 Å². The Bertz CT molecular complexity index is 1280. The maximum absolute atomic E-state index is 13.0. The number of rotatable bonds is 5. The van der Waals surface area contributed by atoms with E-state index in [1.165, 1.54) is 17.2 Å². The van der Waals surface area contributed by atoms with Crippen LogP contribution in [-0.4, -0.2) is 17.8 Å². The van der Waals surface area contributed by atoms with Gasteiger partial charge in [-0.25, -0.2) is 9.69 Å². The second-order valence-corrected chi connectivity index (χ2v) is 8.07. The fraction of sp³-hybridized carbons (Fsp3) is 0.148. The minimum absolute atomic E-state index is 0.111. The summed E-state index contributed by atoms with van der Waals surface area (Å²) in [7, 11) is 0. The van der Waals surface area contributed by atoms with Crippen molar-refractivity contribution in [2.45, 2.75) is 27.4 Å². The first-order valence-electron chi connectivity index (χ1n) is 10.6. The number of aryl methyl sites for hydroxylation is 3. The number of urea groups is 1. The lowest BCUT2D eigenvalue weighted by Crippen LogP contribution is -2.54. The van der Waals surface area contributed by atoms with Crippen LogP contribution in [0.1, 0.15) is 27.8 Å². The Labute approximate surface area is 192 Å². The summed E-state index contributed by atoms with van der Waals surface area (Å²) < 4.78 is 5.85. The second-order valence-electron chi connectivity index (χ2n) is 8.07. The molecule has 166 valence electrons. The van der Waals surface area contributed by atoms with Crippen LogP contribution in [0.3, 0.4) is 0 Å². The maximum Gasteiger partial charge on any atom is 0.335 e. The van der Waals surface area contributed by atoms with E-state index in [9.17, 15) is 14.4 Å². The highest BCUT2D eigenvalue weighted by atomic mass is 16.5. The van der Waals surface area contributed by atoms with E-state index in [0.717, 1.165) is 16.0 Å². The zero-order chi connectivity index (χ0) is 23.5. The van der Waals surface area contributed by atoms with Gasteiger partial charge in [0.1, 0.15) is 17.9 Å². The molecule has 0 unspecified atom stereocenters. The van der Waals surface area contributed by atoms with Gasteiger partial charge >= 0.3 is 6.03 Å². The Morgan fingerprint density at radius 3 is 2.33 bits per heavy atom. The molecule has 1 fully saturated rings. The summed E-state index contributed by atoms with van der Waals surface area (Å²) in [6, 6.07) is 19.5. The monoisotopic (exact) mass is 440 g/mol. The molecule has 3 aromatic rings. The number of amides is 4. The van der Waals surface area contributed by atoms with Gasteiger partial charge in [-0.05, 0) is 78.9 Å². The smallest absolute Gasteiger partial charge is 0.335 e. The lowest BCUT2D eigenvalue weighted by Gasteiger charge is -2.26. The number of benzene rings is 3. The number of hydrogen-bond donors (Lipinski definition) is 1. The highest BCUT2D eigenvalue weighted by Gasteiger charge is 2.36. The molecule has 4 rings (SSSR count). The van der Waals surface area contributed by atoms with E-state index in [1.807, 2.05) is 19.1 Å². The average molecular weight is 440 g/mol. The number of nitrogens with one attached hydrogen (secondary N) is 1. The highest BCUT2D eigenvalue weighted by molar-refractivity contribution is 6.39. The number of imide groups is 2. The standard InChI is InChI=1S/C27H24N2O4/c1-17-5-4-6-22(13-17)29-26(31)24(25(30)28-27(29)32)15-20-9-11-23(12-10-20)33-16-21-8-7-18(2)19(3)14-21/h4-15H,16H2,1-3H3,(H,28,30,32)/b24-15+. The van der Waals surface area contributed by atoms with Gasteiger partial charge in [0.2, 0.25) is 0 Å². The lowest BCUT2D eigenvalue weighted by atomic mass is 10.1. The summed E-state index contributed by atoms with van der Waals surface area (Å²) in [5, 5.41) is 2.24. The molecule has 1 aliphatic heterocycles. The van der Waals surface area contributed by atoms with Gasteiger partial charge in [-0.3, -0.25) is 14.9 Å². The minimum atomic E-state index is -0.761. The Morgan fingerprint density at radius 2 is 1.64 bits per heavy atom. The largest absolute Gasteiger partial charge is 0.489 e. The third kappa shape index (κ3) is 4.85. The molecule has 1 heterocycles. The molecule has 1 aliphatic rings. The van der Waals surface area contributed by atoms with E-state index in [0.29, 0.717) is 23.6 Å². The van der Waals surface area contributed by atoms with E-state index in [-0.39, 0.29) is 5.57 Å². The molecule has 0 spiro atoms. The molecule has 1 N–H and O–H groups in total. The van der Waals surface area contributed by atoms with Crippen LogP contribution in [0.5, 0.6) is 5.75 Å². The fourth-order valence-corrected chi connectivity index (χ4v) is 3.55. The van der Waals surface area contributed by atoms with Crippen molar-refractivity contribution in [3.05, 3.63) is 100 Å². The van der Waals surface area contributed by atoms with Crippen LogP contribution >= 0.6 is 0 Å². The maximum atomic E-state index is 13.0. The molecule has 4 amide bonds. The zero-order valence-electron chi connectivity index (χ0n) is 18.7. The van der Waals surface area contributed by atoms with Crippen LogP contribution in [0.15, 0.2) is 72.3 Å². The van der Waals surface area contributed by atoms with Crippen molar-refractivity contribution < 1.29 is 19.1 Å². The Morgan fingerprint density at radius 1 is 0.879 bits per heavy atom. The Kier molecular flexibility index (Phi) is 6.09. The number of carbonyl (C=O) groups excluding carboxylic acids is 3. The van der Waals surface area contributed by atoms with Crippen molar-refractivity contribution in [2.75, 3.05) is 4.90 Å². The van der Waals surface area contributed by atoms with Crippen molar-refractivity contribution in [1.29, 1.82) is 0 Å². The van der Waals surface area contributed by atoms with E-state index in [2.05, 4.69) is 31.3 Å². The Balaban J connectivity index is 1.51. The third-order valence-electron chi connectivity index (χ3n) is 5.53. The van der Waals surface area contributed by atoms with Crippen LogP contribution in [0.25, 0.3) is 6.08 Å². The molecular weight excluding hydrogens is 416 g/mol. The average Bonchev–Trinajstić information content (AvgIpc) is 2.78. The van der Waals surface area contributed by atoms with Gasteiger partial charge in [0.15, 0.2) is 0 Å². The number of ether oxygens (including phenoxy) is 1. The van der Waals surface area contributed by atoms with Crippen molar-refractivity contribution >= 4 is 29.6 Å². The van der Waals surface area contributed by atoms with Crippen molar-refractivity contribution in [3.8, 4) is 5.75 Å². The van der Waals surface area contributed by atoms with Crippen molar-refractivity contribution in [2.24, 2.45) is 0 Å². The predicted octanol–water partition coefficient (Wildman–Crippen LogP) is 4.86. The molecule has 0 aromatic heterocycles. The van der Waals surface area contributed by atoms with Gasteiger partial charge in [-0.15, -0.1) is 0 Å². The predicted molar refractivity (Wildman–Crippen MR) is 127 cm³/mol. The number of hydrogen-bond acceptors (Lipinski definition) is 4. The first-order valence-corrected chi connectivity index (χ1v) is 10.6. The van der Waals surface area contributed by atoms with Gasteiger partial charge in [0, 0.05) is 0 Å². The van der Waals surface area contributed by atoms with Gasteiger partial charge in [-0.2, -0.15) is 0 Å². The number of nitrogens with zero attached hydrogens (tertiary/aromatic N) is 1. The number of barbiturate groups is 1. The minimum Gasteiger partial charge on any atom is -0.489 e.